The molecule has 16 heavy (non-hydrogen) atoms. The summed E-state index contributed by atoms with van der Waals surface area (Å²) in [6.45, 7) is 7.52. The Morgan fingerprint density at radius 3 is 2.38 bits per heavy atom. The number of aromatic nitrogens is 2. The van der Waals surface area contributed by atoms with Crippen LogP contribution in [0.25, 0.3) is 0 Å². The van der Waals surface area contributed by atoms with Crippen LogP contribution in [0.4, 0.5) is 0 Å². The van der Waals surface area contributed by atoms with Gasteiger partial charge in [0.1, 0.15) is 0 Å². The second kappa shape index (κ2) is 9.07. The minimum absolute atomic E-state index is 0. The first kappa shape index (κ1) is 18.4. The van der Waals surface area contributed by atoms with Gasteiger partial charge < -0.3 is 10.3 Å². The number of hydrogen-bond donors (Lipinski definition) is 2. The molecule has 1 aromatic heterocycles. The Hall–Kier alpha value is -0.000000000000000111. The van der Waals surface area contributed by atoms with Gasteiger partial charge in [-0.25, -0.2) is 4.98 Å². The molecule has 1 aromatic rings. The summed E-state index contributed by atoms with van der Waals surface area (Å²) in [5.74, 6) is 0. The van der Waals surface area contributed by atoms with Crippen molar-refractivity contribution in [2.24, 2.45) is 0 Å². The Labute approximate surface area is 115 Å². The highest BCUT2D eigenvalue weighted by molar-refractivity contribution is 5.86. The molecule has 2 N–H and O–H groups in total. The first-order chi connectivity index (χ1) is 6.36. The molecule has 0 saturated carbocycles. The summed E-state index contributed by atoms with van der Waals surface area (Å²) in [5.41, 5.74) is 2.38. The van der Waals surface area contributed by atoms with Gasteiger partial charge in [0.05, 0.1) is 12.0 Å². The number of aryl methyl sites for hydroxylation is 1. The molecule has 96 valence electrons. The molecule has 4 nitrogen and oxygen atoms in total. The summed E-state index contributed by atoms with van der Waals surface area (Å²) in [7, 11) is 0. The molecule has 0 bridgehead atoms. The first-order valence-electron chi connectivity index (χ1n) is 4.78. The van der Waals surface area contributed by atoms with Gasteiger partial charge in [-0.3, -0.25) is 4.90 Å². The quantitative estimate of drug-likeness (QED) is 0.865. The van der Waals surface area contributed by atoms with E-state index in [-0.39, 0.29) is 37.2 Å². The van der Waals surface area contributed by atoms with Crippen molar-refractivity contribution in [3.8, 4) is 0 Å². The van der Waals surface area contributed by atoms with E-state index in [1.165, 1.54) is 11.4 Å². The number of rotatable bonds is 2. The third-order valence-electron chi connectivity index (χ3n) is 2.52. The standard InChI is InChI=1S/C9H16N4.3ClH/c1-8-9(12-7-11-8)6-13-4-2-10-3-5-13;;;/h7,10H,2-6H2,1H3,(H,11,12);3*1H. The summed E-state index contributed by atoms with van der Waals surface area (Å²) in [4.78, 5) is 9.83. The Morgan fingerprint density at radius 1 is 1.25 bits per heavy atom. The molecule has 1 saturated heterocycles. The van der Waals surface area contributed by atoms with Gasteiger partial charge in [0.15, 0.2) is 0 Å². The molecule has 0 unspecified atom stereocenters. The lowest BCUT2D eigenvalue weighted by Crippen LogP contribution is -2.43. The maximum absolute atomic E-state index is 4.29. The zero-order valence-electron chi connectivity index (χ0n) is 9.23. The van der Waals surface area contributed by atoms with E-state index in [1.54, 1.807) is 6.33 Å². The summed E-state index contributed by atoms with van der Waals surface area (Å²) in [6.07, 6.45) is 1.77. The minimum atomic E-state index is 0. The molecule has 0 aliphatic carbocycles. The second-order valence-corrected chi connectivity index (χ2v) is 3.50. The van der Waals surface area contributed by atoms with Crippen LogP contribution in [0.2, 0.25) is 0 Å². The van der Waals surface area contributed by atoms with Crippen molar-refractivity contribution in [3.05, 3.63) is 17.7 Å². The average molecular weight is 290 g/mol. The van der Waals surface area contributed by atoms with E-state index in [1.807, 2.05) is 0 Å². The number of aromatic amines is 1. The maximum Gasteiger partial charge on any atom is 0.0925 e. The Bertz CT molecular complexity index is 273. The molecule has 1 fully saturated rings. The van der Waals surface area contributed by atoms with Gasteiger partial charge in [-0.2, -0.15) is 0 Å². The van der Waals surface area contributed by atoms with Crippen molar-refractivity contribution in [2.75, 3.05) is 26.2 Å². The van der Waals surface area contributed by atoms with Crippen LogP contribution in [0.5, 0.6) is 0 Å². The predicted molar refractivity (Wildman–Crippen MR) is 73.2 cm³/mol. The van der Waals surface area contributed by atoms with Crippen molar-refractivity contribution in [1.82, 2.24) is 20.2 Å². The topological polar surface area (TPSA) is 44.0 Å². The molecule has 2 heterocycles. The fourth-order valence-corrected chi connectivity index (χ4v) is 1.63. The number of nitrogens with zero attached hydrogens (tertiary/aromatic N) is 2. The van der Waals surface area contributed by atoms with Gasteiger partial charge in [0, 0.05) is 38.4 Å². The number of H-pyrrole nitrogens is 1. The zero-order chi connectivity index (χ0) is 9.10. The van der Waals surface area contributed by atoms with Crippen LogP contribution >= 0.6 is 37.2 Å². The fraction of sp³-hybridized carbons (Fsp3) is 0.667. The van der Waals surface area contributed by atoms with Gasteiger partial charge in [-0.05, 0) is 6.92 Å². The lowest BCUT2D eigenvalue weighted by molar-refractivity contribution is 0.230. The summed E-state index contributed by atoms with van der Waals surface area (Å²) >= 11 is 0. The van der Waals surface area contributed by atoms with E-state index in [9.17, 15) is 0 Å². The van der Waals surface area contributed by atoms with E-state index in [2.05, 4.69) is 27.1 Å². The first-order valence-corrected chi connectivity index (χ1v) is 4.78. The lowest BCUT2D eigenvalue weighted by Gasteiger charge is -2.26. The van der Waals surface area contributed by atoms with E-state index < -0.39 is 0 Å². The predicted octanol–water partition coefficient (Wildman–Crippen LogP) is 1.39. The van der Waals surface area contributed by atoms with E-state index in [4.69, 9.17) is 0 Å². The van der Waals surface area contributed by atoms with Crippen LogP contribution in [0.3, 0.4) is 0 Å². The van der Waals surface area contributed by atoms with Crippen LogP contribution in [-0.4, -0.2) is 41.0 Å². The minimum Gasteiger partial charge on any atom is -0.348 e. The van der Waals surface area contributed by atoms with Crippen molar-refractivity contribution < 1.29 is 0 Å². The smallest absolute Gasteiger partial charge is 0.0925 e. The number of piperazine rings is 1. The van der Waals surface area contributed by atoms with E-state index in [0.717, 1.165) is 32.7 Å². The normalized spacial score (nSPS) is 15.6. The van der Waals surface area contributed by atoms with Crippen molar-refractivity contribution in [3.63, 3.8) is 0 Å². The molecule has 0 amide bonds. The lowest BCUT2D eigenvalue weighted by atomic mass is 10.3. The molecule has 0 spiro atoms. The number of imidazole rings is 1. The highest BCUT2D eigenvalue weighted by atomic mass is 35.5. The van der Waals surface area contributed by atoms with Gasteiger partial charge in [0.2, 0.25) is 0 Å². The van der Waals surface area contributed by atoms with E-state index in [0.29, 0.717) is 0 Å². The SMILES string of the molecule is Cc1[nH]cnc1CN1CCNCC1.Cl.Cl.Cl. The van der Waals surface area contributed by atoms with Gasteiger partial charge in [0.25, 0.3) is 0 Å². The van der Waals surface area contributed by atoms with Crippen molar-refractivity contribution in [1.29, 1.82) is 0 Å². The molecule has 0 aromatic carbocycles. The third-order valence-corrected chi connectivity index (χ3v) is 2.52. The Balaban J connectivity index is 0. The summed E-state index contributed by atoms with van der Waals surface area (Å²) in [6, 6.07) is 0. The average Bonchev–Trinajstić information content (AvgIpc) is 2.54. The fourth-order valence-electron chi connectivity index (χ4n) is 1.63. The number of nitrogens with one attached hydrogen (secondary N) is 2. The van der Waals surface area contributed by atoms with Gasteiger partial charge in [-0.1, -0.05) is 0 Å². The van der Waals surface area contributed by atoms with Crippen LogP contribution in [0.15, 0.2) is 6.33 Å². The van der Waals surface area contributed by atoms with Crippen LogP contribution in [0.1, 0.15) is 11.4 Å². The van der Waals surface area contributed by atoms with Gasteiger partial charge in [-0.15, -0.1) is 37.2 Å². The Kier molecular flexibility index (Phi) is 10.4. The molecule has 1 aliphatic rings. The third kappa shape index (κ3) is 4.89. The highest BCUT2D eigenvalue weighted by Crippen LogP contribution is 2.05. The molecule has 1 aliphatic heterocycles. The summed E-state index contributed by atoms with van der Waals surface area (Å²) in [5, 5.41) is 3.34. The van der Waals surface area contributed by atoms with E-state index >= 15 is 0 Å². The largest absolute Gasteiger partial charge is 0.348 e. The second-order valence-electron chi connectivity index (χ2n) is 3.50. The molecule has 2 rings (SSSR count). The molecular weight excluding hydrogens is 270 g/mol. The molecular formula is C9H19Cl3N4. The monoisotopic (exact) mass is 288 g/mol. The van der Waals surface area contributed by atoms with Crippen LogP contribution < -0.4 is 5.32 Å². The molecule has 0 radical (unpaired) electrons. The van der Waals surface area contributed by atoms with Crippen LogP contribution in [-0.2, 0) is 6.54 Å². The van der Waals surface area contributed by atoms with Gasteiger partial charge >= 0.3 is 0 Å². The zero-order valence-corrected chi connectivity index (χ0v) is 11.7. The summed E-state index contributed by atoms with van der Waals surface area (Å²) < 4.78 is 0. The van der Waals surface area contributed by atoms with Crippen LogP contribution in [0, 0.1) is 6.92 Å². The van der Waals surface area contributed by atoms with Crippen molar-refractivity contribution in [2.45, 2.75) is 13.5 Å². The highest BCUT2D eigenvalue weighted by Gasteiger charge is 2.11. The molecule has 7 heteroatoms. The maximum atomic E-state index is 4.29. The van der Waals surface area contributed by atoms with Crippen molar-refractivity contribution >= 4 is 37.2 Å². The molecule has 0 atom stereocenters. The number of halogens is 3. The number of hydrogen-bond acceptors (Lipinski definition) is 3. The Morgan fingerprint density at radius 2 is 1.88 bits per heavy atom.